The molecule has 4 aromatic heterocycles. The molecule has 0 aliphatic carbocycles. The van der Waals surface area contributed by atoms with Gasteiger partial charge in [0.2, 0.25) is 0 Å². The van der Waals surface area contributed by atoms with Crippen molar-refractivity contribution in [3.8, 4) is 22.3 Å². The summed E-state index contributed by atoms with van der Waals surface area (Å²) in [6.07, 6.45) is 0. The molecule has 11 rings (SSSR count). The standard InChI is InChI=1S/C42H22O4/c1-3-7-32-28(5-1)39-36(43-32)19-20-37-40(39)31-22-26(14-17-35(31)45-37)24-11-9-23(10-12-24)25-13-16-34-30(21-25)27-15-18-38-41(42(27)46-34)29-6-2-4-8-33(29)44-38/h1-22H. The number of rotatable bonds is 2. The highest BCUT2D eigenvalue weighted by atomic mass is 16.3. The normalized spacial score (nSPS) is 12.3. The van der Waals surface area contributed by atoms with Crippen molar-refractivity contribution < 1.29 is 17.7 Å². The third kappa shape index (κ3) is 3.22. The minimum absolute atomic E-state index is 0.840. The molecule has 7 aromatic carbocycles. The smallest absolute Gasteiger partial charge is 0.147 e. The van der Waals surface area contributed by atoms with Crippen molar-refractivity contribution in [3.05, 3.63) is 133 Å². The molecule has 214 valence electrons. The molecule has 46 heavy (non-hydrogen) atoms. The second-order valence-electron chi connectivity index (χ2n) is 12.0. The van der Waals surface area contributed by atoms with E-state index in [1.807, 2.05) is 48.5 Å². The lowest BCUT2D eigenvalue weighted by Crippen LogP contribution is -1.81. The first-order valence-corrected chi connectivity index (χ1v) is 15.4. The van der Waals surface area contributed by atoms with Gasteiger partial charge >= 0.3 is 0 Å². The summed E-state index contributed by atoms with van der Waals surface area (Å²) >= 11 is 0. The predicted molar refractivity (Wildman–Crippen MR) is 186 cm³/mol. The molecule has 0 spiro atoms. The van der Waals surface area contributed by atoms with Gasteiger partial charge in [0.1, 0.15) is 44.7 Å². The lowest BCUT2D eigenvalue weighted by atomic mass is 9.97. The van der Waals surface area contributed by atoms with Crippen LogP contribution in [0.4, 0.5) is 0 Å². The molecule has 0 saturated carbocycles. The number of benzene rings is 7. The van der Waals surface area contributed by atoms with Gasteiger partial charge in [0.25, 0.3) is 0 Å². The van der Waals surface area contributed by atoms with Crippen LogP contribution in [0.5, 0.6) is 0 Å². The van der Waals surface area contributed by atoms with Gasteiger partial charge in [-0.15, -0.1) is 0 Å². The van der Waals surface area contributed by atoms with Crippen molar-refractivity contribution in [2.75, 3.05) is 0 Å². The van der Waals surface area contributed by atoms with E-state index < -0.39 is 0 Å². The summed E-state index contributed by atoms with van der Waals surface area (Å²) in [6.45, 7) is 0. The van der Waals surface area contributed by atoms with Crippen LogP contribution in [0.25, 0.3) is 110 Å². The average molecular weight is 591 g/mol. The first-order chi connectivity index (χ1) is 22.8. The van der Waals surface area contributed by atoms with Crippen LogP contribution in [-0.2, 0) is 0 Å². The molecule has 0 N–H and O–H groups in total. The van der Waals surface area contributed by atoms with E-state index in [0.717, 1.165) is 110 Å². The van der Waals surface area contributed by atoms with Crippen LogP contribution >= 0.6 is 0 Å². The third-order valence-electron chi connectivity index (χ3n) is 9.50. The molecule has 4 heteroatoms. The van der Waals surface area contributed by atoms with E-state index in [4.69, 9.17) is 17.7 Å². The van der Waals surface area contributed by atoms with E-state index in [-0.39, 0.29) is 0 Å². The van der Waals surface area contributed by atoms with Crippen molar-refractivity contribution in [3.63, 3.8) is 0 Å². The lowest BCUT2D eigenvalue weighted by Gasteiger charge is -2.06. The summed E-state index contributed by atoms with van der Waals surface area (Å²) in [5.74, 6) is 0. The topological polar surface area (TPSA) is 52.6 Å². The SMILES string of the molecule is c1ccc2c(c1)oc1ccc3c4cc(-c5ccc(-c6ccc7oc8ccc9oc%10ccccc%10c9c8c7c6)cc5)ccc4oc3c12. The fraction of sp³-hybridized carbons (Fsp3) is 0. The summed E-state index contributed by atoms with van der Waals surface area (Å²) in [7, 11) is 0. The molecule has 0 radical (unpaired) electrons. The monoisotopic (exact) mass is 590 g/mol. The van der Waals surface area contributed by atoms with Crippen molar-refractivity contribution in [1.29, 1.82) is 0 Å². The van der Waals surface area contributed by atoms with Crippen LogP contribution in [0, 0.1) is 0 Å². The number of fused-ring (bicyclic) bond motifs is 14. The molecule has 0 aliphatic rings. The van der Waals surface area contributed by atoms with E-state index in [1.165, 1.54) is 0 Å². The zero-order valence-corrected chi connectivity index (χ0v) is 24.3. The molecule has 0 atom stereocenters. The van der Waals surface area contributed by atoms with E-state index in [2.05, 4.69) is 84.9 Å². The lowest BCUT2D eigenvalue weighted by molar-refractivity contribution is 0.663. The van der Waals surface area contributed by atoms with Gasteiger partial charge in [-0.1, -0.05) is 72.8 Å². The molecular formula is C42H22O4. The Bertz CT molecular complexity index is 3020. The van der Waals surface area contributed by atoms with Crippen molar-refractivity contribution >= 4 is 87.8 Å². The molecule has 4 nitrogen and oxygen atoms in total. The summed E-state index contributed by atoms with van der Waals surface area (Å²) < 4.78 is 25.0. The maximum atomic E-state index is 6.43. The first kappa shape index (κ1) is 24.1. The largest absolute Gasteiger partial charge is 0.456 e. The van der Waals surface area contributed by atoms with Crippen molar-refractivity contribution in [1.82, 2.24) is 0 Å². The van der Waals surface area contributed by atoms with Crippen LogP contribution < -0.4 is 0 Å². The zero-order valence-electron chi connectivity index (χ0n) is 24.3. The molecule has 0 fully saturated rings. The number of furan rings is 4. The highest BCUT2D eigenvalue weighted by Gasteiger charge is 2.18. The summed E-state index contributed by atoms with van der Waals surface area (Å²) in [4.78, 5) is 0. The highest BCUT2D eigenvalue weighted by molar-refractivity contribution is 6.26. The first-order valence-electron chi connectivity index (χ1n) is 15.4. The zero-order chi connectivity index (χ0) is 29.9. The van der Waals surface area contributed by atoms with Crippen LogP contribution in [0.3, 0.4) is 0 Å². The molecule has 0 amide bonds. The second-order valence-corrected chi connectivity index (χ2v) is 12.0. The van der Waals surface area contributed by atoms with Crippen LogP contribution in [0.2, 0.25) is 0 Å². The summed E-state index contributed by atoms with van der Waals surface area (Å²) in [5, 5.41) is 8.67. The average Bonchev–Trinajstić information content (AvgIpc) is 3.86. The Morgan fingerprint density at radius 2 is 0.696 bits per heavy atom. The summed E-state index contributed by atoms with van der Waals surface area (Å²) in [5.41, 5.74) is 11.5. The molecular weight excluding hydrogens is 568 g/mol. The Labute approximate surface area is 260 Å². The molecule has 0 saturated heterocycles. The highest BCUT2D eigenvalue weighted by Crippen LogP contribution is 2.42. The van der Waals surface area contributed by atoms with Gasteiger partial charge in [0.15, 0.2) is 0 Å². The molecule has 11 aromatic rings. The van der Waals surface area contributed by atoms with Crippen LogP contribution in [0.15, 0.2) is 151 Å². The molecule has 0 bridgehead atoms. The number of hydrogen-bond acceptors (Lipinski definition) is 4. The Kier molecular flexibility index (Phi) is 4.55. The van der Waals surface area contributed by atoms with Crippen LogP contribution in [0.1, 0.15) is 0 Å². The number of para-hydroxylation sites is 2. The Morgan fingerprint density at radius 1 is 0.261 bits per heavy atom. The maximum Gasteiger partial charge on any atom is 0.147 e. The molecule has 0 unspecified atom stereocenters. The quantitative estimate of drug-likeness (QED) is 0.201. The van der Waals surface area contributed by atoms with Gasteiger partial charge in [-0.3, -0.25) is 0 Å². The van der Waals surface area contributed by atoms with Gasteiger partial charge in [-0.05, 0) is 82.9 Å². The van der Waals surface area contributed by atoms with Gasteiger partial charge in [0, 0.05) is 37.7 Å². The van der Waals surface area contributed by atoms with Gasteiger partial charge in [-0.25, -0.2) is 0 Å². The summed E-state index contributed by atoms with van der Waals surface area (Å²) in [6, 6.07) is 46.1. The predicted octanol–water partition coefficient (Wildman–Crippen LogP) is 12.6. The minimum atomic E-state index is 0.840. The fourth-order valence-electron chi connectivity index (χ4n) is 7.34. The van der Waals surface area contributed by atoms with Crippen molar-refractivity contribution in [2.24, 2.45) is 0 Å². The van der Waals surface area contributed by atoms with E-state index in [9.17, 15) is 0 Å². The van der Waals surface area contributed by atoms with Gasteiger partial charge < -0.3 is 17.7 Å². The van der Waals surface area contributed by atoms with E-state index >= 15 is 0 Å². The van der Waals surface area contributed by atoms with E-state index in [0.29, 0.717) is 0 Å². The van der Waals surface area contributed by atoms with Gasteiger partial charge in [-0.2, -0.15) is 0 Å². The number of hydrogen-bond donors (Lipinski definition) is 0. The molecule has 4 heterocycles. The Balaban J connectivity index is 1.02. The Morgan fingerprint density at radius 3 is 1.35 bits per heavy atom. The molecule has 0 aliphatic heterocycles. The van der Waals surface area contributed by atoms with Crippen LogP contribution in [-0.4, -0.2) is 0 Å². The fourth-order valence-corrected chi connectivity index (χ4v) is 7.34. The van der Waals surface area contributed by atoms with Gasteiger partial charge in [0.05, 0.1) is 5.39 Å². The third-order valence-corrected chi connectivity index (χ3v) is 9.50. The maximum absolute atomic E-state index is 6.43. The second kappa shape index (κ2) is 8.68. The Hall–Kier alpha value is -6.26. The minimum Gasteiger partial charge on any atom is -0.456 e. The van der Waals surface area contributed by atoms with E-state index in [1.54, 1.807) is 0 Å². The van der Waals surface area contributed by atoms with Crippen molar-refractivity contribution in [2.45, 2.75) is 0 Å².